The third kappa shape index (κ3) is 4.16. The van der Waals surface area contributed by atoms with Crippen molar-refractivity contribution in [3.05, 3.63) is 71.3 Å². The molecule has 4 rings (SSSR count). The summed E-state index contributed by atoms with van der Waals surface area (Å²) in [6.45, 7) is 2.19. The summed E-state index contributed by atoms with van der Waals surface area (Å²) in [4.78, 5) is 39.4. The van der Waals surface area contributed by atoms with Gasteiger partial charge >= 0.3 is 0 Å². The monoisotopic (exact) mass is 404 g/mol. The van der Waals surface area contributed by atoms with Gasteiger partial charge in [0.15, 0.2) is 0 Å². The Morgan fingerprint density at radius 2 is 1.50 bits per heavy atom. The number of benzene rings is 2. The van der Waals surface area contributed by atoms with Crippen LogP contribution < -0.4 is 5.32 Å². The molecule has 2 aromatic carbocycles. The quantitative estimate of drug-likeness (QED) is 0.746. The van der Waals surface area contributed by atoms with Crippen molar-refractivity contribution in [1.29, 1.82) is 0 Å². The molecule has 2 fully saturated rings. The topological polar surface area (TPSA) is 66.5 Å². The van der Waals surface area contributed by atoms with Gasteiger partial charge in [0.25, 0.3) is 0 Å². The molecule has 5 heteroatoms. The van der Waals surface area contributed by atoms with Gasteiger partial charge in [-0.25, -0.2) is 0 Å². The van der Waals surface area contributed by atoms with Gasteiger partial charge in [0.2, 0.25) is 17.7 Å². The van der Waals surface area contributed by atoms with E-state index < -0.39 is 0 Å². The molecule has 30 heavy (non-hydrogen) atoms. The van der Waals surface area contributed by atoms with Gasteiger partial charge in [-0.3, -0.25) is 19.3 Å². The molecule has 2 aromatic rings. The second-order valence-electron chi connectivity index (χ2n) is 8.40. The number of likely N-dealkylation sites (tertiary alicyclic amines) is 1. The van der Waals surface area contributed by atoms with Crippen LogP contribution in [-0.2, 0) is 14.4 Å². The number of nitrogens with one attached hydrogen (secondary N) is 1. The summed E-state index contributed by atoms with van der Waals surface area (Å²) >= 11 is 0. The summed E-state index contributed by atoms with van der Waals surface area (Å²) in [5, 5.41) is 3.10. The van der Waals surface area contributed by atoms with Gasteiger partial charge in [-0.05, 0) is 30.9 Å². The Bertz CT molecular complexity index is 899. The Hall–Kier alpha value is -2.95. The summed E-state index contributed by atoms with van der Waals surface area (Å²) in [5.41, 5.74) is 3.15. The van der Waals surface area contributed by atoms with Gasteiger partial charge in [-0.1, -0.05) is 73.0 Å². The lowest BCUT2D eigenvalue weighted by Gasteiger charge is -2.21. The van der Waals surface area contributed by atoms with Crippen molar-refractivity contribution < 1.29 is 14.4 Å². The van der Waals surface area contributed by atoms with Crippen LogP contribution in [0.3, 0.4) is 0 Å². The molecule has 0 unspecified atom stereocenters. The number of hydrogen-bond donors (Lipinski definition) is 1. The standard InChI is InChI=1S/C25H28N2O3/c1-17-11-13-19(14-12-17)23(18-7-3-2-4-8-18)26-22(28)15-16-27-24(29)20-9-5-6-10-21(20)25(27)30/h2-4,7-8,11-14,20-21,23H,5-6,9-10,15-16H2,1H3,(H,26,28)/t20-,21-,23+/m0/s1. The van der Waals surface area contributed by atoms with Crippen LogP contribution >= 0.6 is 0 Å². The Morgan fingerprint density at radius 1 is 0.933 bits per heavy atom. The van der Waals surface area contributed by atoms with Crippen LogP contribution in [0, 0.1) is 18.8 Å². The molecule has 1 saturated heterocycles. The molecule has 1 heterocycles. The number of amides is 3. The minimum absolute atomic E-state index is 0.0874. The van der Waals surface area contributed by atoms with Crippen LogP contribution in [0.25, 0.3) is 0 Å². The molecule has 1 saturated carbocycles. The number of hydrogen-bond acceptors (Lipinski definition) is 3. The van der Waals surface area contributed by atoms with Crippen molar-refractivity contribution >= 4 is 17.7 Å². The number of rotatable bonds is 6. The van der Waals surface area contributed by atoms with E-state index in [0.29, 0.717) is 0 Å². The van der Waals surface area contributed by atoms with Crippen molar-refractivity contribution in [2.45, 2.75) is 45.1 Å². The third-order valence-corrected chi connectivity index (χ3v) is 6.34. The second kappa shape index (κ2) is 8.82. The van der Waals surface area contributed by atoms with E-state index in [2.05, 4.69) is 5.32 Å². The minimum atomic E-state index is -0.271. The highest BCUT2D eigenvalue weighted by atomic mass is 16.2. The fourth-order valence-corrected chi connectivity index (χ4v) is 4.66. The first-order chi connectivity index (χ1) is 14.5. The van der Waals surface area contributed by atoms with Crippen molar-refractivity contribution in [1.82, 2.24) is 10.2 Å². The lowest BCUT2D eigenvalue weighted by Crippen LogP contribution is -2.36. The second-order valence-corrected chi connectivity index (χ2v) is 8.40. The molecule has 0 aromatic heterocycles. The van der Waals surface area contributed by atoms with E-state index in [9.17, 15) is 14.4 Å². The zero-order valence-corrected chi connectivity index (χ0v) is 17.3. The Balaban J connectivity index is 1.44. The van der Waals surface area contributed by atoms with Crippen LogP contribution in [0.4, 0.5) is 0 Å². The number of nitrogens with zero attached hydrogens (tertiary/aromatic N) is 1. The molecule has 0 spiro atoms. The Kier molecular flexibility index (Phi) is 5.98. The summed E-state index contributed by atoms with van der Waals surface area (Å²) in [7, 11) is 0. The average molecular weight is 405 g/mol. The maximum Gasteiger partial charge on any atom is 0.233 e. The van der Waals surface area contributed by atoms with E-state index >= 15 is 0 Å². The summed E-state index contributed by atoms with van der Waals surface area (Å²) in [5.74, 6) is -0.677. The lowest BCUT2D eigenvalue weighted by atomic mass is 9.81. The fourth-order valence-electron chi connectivity index (χ4n) is 4.66. The SMILES string of the molecule is Cc1ccc([C@H](NC(=O)CCN2C(=O)[C@H]3CCCC[C@@H]3C2=O)c2ccccc2)cc1. The molecule has 1 aliphatic carbocycles. The summed E-state index contributed by atoms with van der Waals surface area (Å²) in [6, 6.07) is 17.6. The van der Waals surface area contributed by atoms with Crippen LogP contribution in [-0.4, -0.2) is 29.2 Å². The lowest BCUT2D eigenvalue weighted by molar-refractivity contribution is -0.140. The van der Waals surface area contributed by atoms with E-state index in [4.69, 9.17) is 0 Å². The van der Waals surface area contributed by atoms with Gasteiger partial charge in [-0.15, -0.1) is 0 Å². The highest BCUT2D eigenvalue weighted by Crippen LogP contribution is 2.38. The number of aryl methyl sites for hydroxylation is 1. The molecule has 156 valence electrons. The maximum atomic E-state index is 12.8. The first-order valence-corrected chi connectivity index (χ1v) is 10.8. The molecule has 2 aliphatic rings. The highest BCUT2D eigenvalue weighted by Gasteiger charge is 2.47. The molecular weight excluding hydrogens is 376 g/mol. The van der Waals surface area contributed by atoms with E-state index in [1.807, 2.05) is 61.5 Å². The normalized spacial score (nSPS) is 22.0. The van der Waals surface area contributed by atoms with Crippen LogP contribution in [0.15, 0.2) is 54.6 Å². The largest absolute Gasteiger partial charge is 0.345 e. The molecule has 0 radical (unpaired) electrons. The molecule has 3 atom stereocenters. The van der Waals surface area contributed by atoms with Gasteiger partial charge in [0, 0.05) is 13.0 Å². The van der Waals surface area contributed by atoms with Gasteiger partial charge in [0.05, 0.1) is 17.9 Å². The number of imide groups is 1. The third-order valence-electron chi connectivity index (χ3n) is 6.34. The van der Waals surface area contributed by atoms with Gasteiger partial charge < -0.3 is 5.32 Å². The number of fused-ring (bicyclic) bond motifs is 1. The average Bonchev–Trinajstić information content (AvgIpc) is 3.02. The Morgan fingerprint density at radius 3 is 2.10 bits per heavy atom. The Labute approximate surface area is 177 Å². The highest BCUT2D eigenvalue weighted by molar-refractivity contribution is 6.05. The first-order valence-electron chi connectivity index (χ1n) is 10.8. The fraction of sp³-hybridized carbons (Fsp3) is 0.400. The van der Waals surface area contributed by atoms with Crippen LogP contribution in [0.2, 0.25) is 0 Å². The zero-order chi connectivity index (χ0) is 21.1. The van der Waals surface area contributed by atoms with E-state index in [0.717, 1.165) is 42.4 Å². The van der Waals surface area contributed by atoms with E-state index in [-0.39, 0.29) is 48.6 Å². The van der Waals surface area contributed by atoms with Crippen molar-refractivity contribution in [3.63, 3.8) is 0 Å². The molecule has 1 aliphatic heterocycles. The summed E-state index contributed by atoms with van der Waals surface area (Å²) in [6.07, 6.45) is 3.71. The molecule has 1 N–H and O–H groups in total. The predicted molar refractivity (Wildman–Crippen MR) is 114 cm³/mol. The predicted octanol–water partition coefficient (Wildman–Crippen LogP) is 3.77. The maximum absolute atomic E-state index is 12.8. The van der Waals surface area contributed by atoms with Gasteiger partial charge in [0.1, 0.15) is 0 Å². The van der Waals surface area contributed by atoms with E-state index in [1.54, 1.807) is 0 Å². The molecular formula is C25H28N2O3. The molecule has 0 bridgehead atoms. The first kappa shape index (κ1) is 20.3. The number of carbonyl (C=O) groups is 3. The minimum Gasteiger partial charge on any atom is -0.345 e. The molecule has 3 amide bonds. The molecule has 5 nitrogen and oxygen atoms in total. The van der Waals surface area contributed by atoms with E-state index in [1.165, 1.54) is 4.90 Å². The van der Waals surface area contributed by atoms with Crippen molar-refractivity contribution in [3.8, 4) is 0 Å². The van der Waals surface area contributed by atoms with Crippen LogP contribution in [0.5, 0.6) is 0 Å². The zero-order valence-electron chi connectivity index (χ0n) is 17.3. The van der Waals surface area contributed by atoms with Crippen molar-refractivity contribution in [2.24, 2.45) is 11.8 Å². The smallest absolute Gasteiger partial charge is 0.233 e. The summed E-state index contributed by atoms with van der Waals surface area (Å²) < 4.78 is 0. The van der Waals surface area contributed by atoms with Gasteiger partial charge in [-0.2, -0.15) is 0 Å². The van der Waals surface area contributed by atoms with Crippen molar-refractivity contribution in [2.75, 3.05) is 6.54 Å². The van der Waals surface area contributed by atoms with Crippen LogP contribution in [0.1, 0.15) is 54.8 Å². The number of carbonyl (C=O) groups excluding carboxylic acids is 3.